The second-order valence-electron chi connectivity index (χ2n) is 7.91. The minimum atomic E-state index is -1.05. The summed E-state index contributed by atoms with van der Waals surface area (Å²) in [6.45, 7) is 9.06. The van der Waals surface area contributed by atoms with E-state index in [9.17, 15) is 19.5 Å². The fraction of sp³-hybridized carbons (Fsp3) is 0.824. The lowest BCUT2D eigenvalue weighted by Gasteiger charge is -2.25. The van der Waals surface area contributed by atoms with Gasteiger partial charge in [-0.1, -0.05) is 26.7 Å². The van der Waals surface area contributed by atoms with Gasteiger partial charge in [-0.15, -0.1) is 0 Å². The van der Waals surface area contributed by atoms with Crippen molar-refractivity contribution in [3.8, 4) is 0 Å². The summed E-state index contributed by atoms with van der Waals surface area (Å²) < 4.78 is 5.18. The van der Waals surface area contributed by atoms with Crippen molar-refractivity contribution in [1.29, 1.82) is 0 Å². The van der Waals surface area contributed by atoms with Crippen LogP contribution in [0.3, 0.4) is 0 Å². The standard InChI is InChI=1S/C17H30N2O5/c1-10(2)8-12(19-16(23)24-17(3,4)5)14(20)18-13(15(21)22)9-11-6-7-11/h10-13H,6-9H2,1-5H3,(H,18,20)(H,19,23)(H,21,22)/t12-,13+/m1/s1. The number of carboxylic acid groups (broad SMARTS) is 1. The summed E-state index contributed by atoms with van der Waals surface area (Å²) in [6, 6.07) is -1.74. The zero-order chi connectivity index (χ0) is 18.5. The Labute approximate surface area is 143 Å². The van der Waals surface area contributed by atoms with E-state index in [1.807, 2.05) is 13.8 Å². The van der Waals surface area contributed by atoms with E-state index in [0.717, 1.165) is 12.8 Å². The summed E-state index contributed by atoms with van der Waals surface area (Å²) in [6.07, 6.45) is 2.16. The van der Waals surface area contributed by atoms with E-state index in [2.05, 4.69) is 10.6 Å². The van der Waals surface area contributed by atoms with Gasteiger partial charge in [-0.25, -0.2) is 9.59 Å². The van der Waals surface area contributed by atoms with Crippen molar-refractivity contribution in [3.05, 3.63) is 0 Å². The second-order valence-corrected chi connectivity index (χ2v) is 7.91. The van der Waals surface area contributed by atoms with Gasteiger partial charge >= 0.3 is 12.1 Å². The van der Waals surface area contributed by atoms with E-state index in [1.54, 1.807) is 20.8 Å². The van der Waals surface area contributed by atoms with Crippen LogP contribution in [0.15, 0.2) is 0 Å². The molecule has 24 heavy (non-hydrogen) atoms. The molecule has 0 saturated heterocycles. The number of carboxylic acids is 1. The van der Waals surface area contributed by atoms with Gasteiger partial charge in [0.15, 0.2) is 0 Å². The Morgan fingerprint density at radius 3 is 2.12 bits per heavy atom. The summed E-state index contributed by atoms with van der Waals surface area (Å²) in [5.41, 5.74) is -0.668. The molecule has 0 heterocycles. The molecule has 1 aliphatic rings. The number of rotatable bonds is 8. The van der Waals surface area contributed by atoms with Gasteiger partial charge in [-0.2, -0.15) is 0 Å². The van der Waals surface area contributed by atoms with Crippen LogP contribution in [0, 0.1) is 11.8 Å². The average molecular weight is 342 g/mol. The summed E-state index contributed by atoms with van der Waals surface area (Å²) in [5, 5.41) is 14.4. The molecule has 3 N–H and O–H groups in total. The van der Waals surface area contributed by atoms with Gasteiger partial charge in [0.05, 0.1) is 0 Å². The molecule has 1 saturated carbocycles. The molecule has 7 heteroatoms. The molecule has 0 spiro atoms. The largest absolute Gasteiger partial charge is 0.480 e. The minimum Gasteiger partial charge on any atom is -0.480 e. The maximum absolute atomic E-state index is 12.5. The Morgan fingerprint density at radius 1 is 1.12 bits per heavy atom. The molecule has 0 bridgehead atoms. The van der Waals surface area contributed by atoms with E-state index >= 15 is 0 Å². The van der Waals surface area contributed by atoms with Crippen LogP contribution in [0.1, 0.15) is 60.3 Å². The van der Waals surface area contributed by atoms with Crippen molar-refractivity contribution in [2.45, 2.75) is 78.0 Å². The number of amides is 2. The Kier molecular flexibility index (Phi) is 7.05. The zero-order valence-electron chi connectivity index (χ0n) is 15.2. The molecule has 138 valence electrons. The smallest absolute Gasteiger partial charge is 0.408 e. The van der Waals surface area contributed by atoms with Crippen molar-refractivity contribution in [2.75, 3.05) is 0 Å². The molecule has 0 aromatic heterocycles. The van der Waals surface area contributed by atoms with Crippen molar-refractivity contribution in [2.24, 2.45) is 11.8 Å². The van der Waals surface area contributed by atoms with E-state index in [0.29, 0.717) is 18.8 Å². The first-order valence-corrected chi connectivity index (χ1v) is 8.50. The highest BCUT2D eigenvalue weighted by atomic mass is 16.6. The van der Waals surface area contributed by atoms with Crippen LogP contribution in [0.2, 0.25) is 0 Å². The molecule has 1 aliphatic carbocycles. The van der Waals surface area contributed by atoms with Gasteiger partial charge in [-0.05, 0) is 45.4 Å². The molecule has 0 radical (unpaired) electrons. The number of ether oxygens (including phenoxy) is 1. The van der Waals surface area contributed by atoms with Crippen LogP contribution in [-0.4, -0.2) is 40.8 Å². The Balaban J connectivity index is 2.68. The van der Waals surface area contributed by atoms with Crippen LogP contribution >= 0.6 is 0 Å². The first-order valence-electron chi connectivity index (χ1n) is 8.50. The lowest BCUT2D eigenvalue weighted by atomic mass is 10.0. The van der Waals surface area contributed by atoms with Crippen LogP contribution in [0.25, 0.3) is 0 Å². The van der Waals surface area contributed by atoms with Gasteiger partial charge in [0.1, 0.15) is 17.7 Å². The topological polar surface area (TPSA) is 105 Å². The molecule has 1 rings (SSSR count). The van der Waals surface area contributed by atoms with Crippen molar-refractivity contribution in [3.63, 3.8) is 0 Å². The molecule has 0 aromatic carbocycles. The summed E-state index contributed by atoms with van der Waals surface area (Å²) in [5.74, 6) is -1.01. The van der Waals surface area contributed by atoms with E-state index in [1.165, 1.54) is 0 Å². The molecule has 2 atom stereocenters. The van der Waals surface area contributed by atoms with Crippen LogP contribution in [0.4, 0.5) is 4.79 Å². The monoisotopic (exact) mass is 342 g/mol. The van der Waals surface area contributed by atoms with Crippen molar-refractivity contribution in [1.82, 2.24) is 10.6 Å². The predicted octanol–water partition coefficient (Wildman–Crippen LogP) is 2.30. The number of carbonyl (C=O) groups excluding carboxylic acids is 2. The average Bonchev–Trinajstić information content (AvgIpc) is 3.17. The number of carbonyl (C=O) groups is 3. The van der Waals surface area contributed by atoms with Gasteiger partial charge in [-0.3, -0.25) is 4.79 Å². The van der Waals surface area contributed by atoms with Crippen LogP contribution in [-0.2, 0) is 14.3 Å². The quantitative estimate of drug-likeness (QED) is 0.628. The highest BCUT2D eigenvalue weighted by molar-refractivity contribution is 5.89. The number of alkyl carbamates (subject to hydrolysis) is 1. The highest BCUT2D eigenvalue weighted by Gasteiger charge is 2.33. The Morgan fingerprint density at radius 2 is 1.71 bits per heavy atom. The molecular weight excluding hydrogens is 312 g/mol. The molecule has 2 amide bonds. The molecule has 0 aromatic rings. The lowest BCUT2D eigenvalue weighted by Crippen LogP contribution is -2.52. The molecule has 7 nitrogen and oxygen atoms in total. The maximum atomic E-state index is 12.5. The van der Waals surface area contributed by atoms with Gasteiger partial charge in [0.25, 0.3) is 0 Å². The third-order valence-corrected chi connectivity index (χ3v) is 3.60. The van der Waals surface area contributed by atoms with Crippen molar-refractivity contribution >= 4 is 18.0 Å². The third kappa shape index (κ3) is 8.17. The van der Waals surface area contributed by atoms with E-state index in [-0.39, 0.29) is 5.92 Å². The van der Waals surface area contributed by atoms with E-state index < -0.39 is 35.7 Å². The first kappa shape index (κ1) is 20.3. The SMILES string of the molecule is CC(C)C[C@@H](NC(=O)OC(C)(C)C)C(=O)N[C@@H](CC1CC1)C(=O)O. The summed E-state index contributed by atoms with van der Waals surface area (Å²) in [4.78, 5) is 35.7. The molecule has 1 fully saturated rings. The van der Waals surface area contributed by atoms with Gasteiger partial charge in [0, 0.05) is 0 Å². The Bertz CT molecular complexity index is 466. The molecular formula is C17H30N2O5. The summed E-state index contributed by atoms with van der Waals surface area (Å²) >= 11 is 0. The van der Waals surface area contributed by atoms with E-state index in [4.69, 9.17) is 4.74 Å². The highest BCUT2D eigenvalue weighted by Crippen LogP contribution is 2.33. The van der Waals surface area contributed by atoms with Gasteiger partial charge in [0.2, 0.25) is 5.91 Å². The maximum Gasteiger partial charge on any atom is 0.408 e. The normalized spacial score (nSPS) is 17.1. The number of nitrogens with one attached hydrogen (secondary N) is 2. The van der Waals surface area contributed by atoms with Crippen LogP contribution in [0.5, 0.6) is 0 Å². The van der Waals surface area contributed by atoms with Crippen LogP contribution < -0.4 is 10.6 Å². The summed E-state index contributed by atoms with van der Waals surface area (Å²) in [7, 11) is 0. The Hall–Kier alpha value is -1.79. The molecule has 0 unspecified atom stereocenters. The first-order chi connectivity index (χ1) is 11.0. The fourth-order valence-electron chi connectivity index (χ4n) is 2.33. The predicted molar refractivity (Wildman–Crippen MR) is 89.5 cm³/mol. The minimum absolute atomic E-state index is 0.155. The zero-order valence-corrected chi connectivity index (χ0v) is 15.2. The van der Waals surface area contributed by atoms with Gasteiger partial charge < -0.3 is 20.5 Å². The fourth-order valence-corrected chi connectivity index (χ4v) is 2.33. The molecule has 0 aliphatic heterocycles. The lowest BCUT2D eigenvalue weighted by molar-refractivity contribution is -0.142. The third-order valence-electron chi connectivity index (χ3n) is 3.60. The van der Waals surface area contributed by atoms with Crippen molar-refractivity contribution < 1.29 is 24.2 Å². The number of hydrogen-bond donors (Lipinski definition) is 3. The number of aliphatic carboxylic acids is 1. The second kappa shape index (κ2) is 8.35. The number of hydrogen-bond acceptors (Lipinski definition) is 4.